The van der Waals surface area contributed by atoms with Crippen LogP contribution in [0.1, 0.15) is 25.7 Å². The lowest BCUT2D eigenvalue weighted by molar-refractivity contribution is -0.119. The molecule has 5 nitrogen and oxygen atoms in total. The van der Waals surface area contributed by atoms with Crippen molar-refractivity contribution in [3.05, 3.63) is 15.9 Å². The topological polar surface area (TPSA) is 68.0 Å². The molecule has 1 N–H and O–H groups in total. The monoisotopic (exact) mass is 341 g/mol. The van der Waals surface area contributed by atoms with E-state index < -0.39 is 0 Å². The number of hydrogen-bond acceptors (Lipinski definition) is 5. The van der Waals surface area contributed by atoms with Crippen molar-refractivity contribution >= 4 is 39.2 Å². The van der Waals surface area contributed by atoms with Crippen LogP contribution < -0.4 is 5.32 Å². The molecule has 1 aliphatic carbocycles. The van der Waals surface area contributed by atoms with Crippen LogP contribution in [0.2, 0.25) is 0 Å². The summed E-state index contributed by atoms with van der Waals surface area (Å²) < 4.78 is 6.45. The summed E-state index contributed by atoms with van der Waals surface area (Å²) >= 11 is 4.89. The second-order valence-electron chi connectivity index (χ2n) is 4.49. The van der Waals surface area contributed by atoms with E-state index in [0.29, 0.717) is 5.89 Å². The van der Waals surface area contributed by atoms with Gasteiger partial charge >= 0.3 is 6.01 Å². The first-order valence-electron chi connectivity index (χ1n) is 6.12. The molecule has 0 radical (unpaired) electrons. The third-order valence-corrected chi connectivity index (χ3v) is 4.78. The van der Waals surface area contributed by atoms with Crippen LogP contribution in [0.4, 0.5) is 6.01 Å². The Morgan fingerprint density at radius 3 is 2.84 bits per heavy atom. The molecule has 1 saturated carbocycles. The van der Waals surface area contributed by atoms with Crippen LogP contribution >= 0.6 is 27.3 Å². The van der Waals surface area contributed by atoms with E-state index in [1.807, 2.05) is 12.1 Å². The molecule has 0 unspecified atom stereocenters. The van der Waals surface area contributed by atoms with E-state index in [0.717, 1.165) is 34.3 Å². The van der Waals surface area contributed by atoms with E-state index in [4.69, 9.17) is 4.42 Å². The van der Waals surface area contributed by atoms with E-state index in [1.54, 1.807) is 0 Å². The van der Waals surface area contributed by atoms with Crippen molar-refractivity contribution in [2.75, 3.05) is 5.32 Å². The number of carbonyl (C=O) groups is 1. The maximum absolute atomic E-state index is 11.9. The number of nitrogens with zero attached hydrogens (tertiary/aromatic N) is 2. The average molecular weight is 342 g/mol. The van der Waals surface area contributed by atoms with Crippen molar-refractivity contribution in [3.8, 4) is 10.8 Å². The van der Waals surface area contributed by atoms with Crippen molar-refractivity contribution in [1.29, 1.82) is 0 Å². The molecule has 2 aromatic rings. The molecule has 0 bridgehead atoms. The number of nitrogens with one attached hydrogen (secondary N) is 1. The molecule has 1 amide bonds. The predicted molar refractivity (Wildman–Crippen MR) is 75.9 cm³/mol. The normalized spacial score (nSPS) is 15.8. The van der Waals surface area contributed by atoms with Gasteiger partial charge in [0.1, 0.15) is 0 Å². The minimum Gasteiger partial charge on any atom is -0.402 e. The lowest BCUT2D eigenvalue weighted by Gasteiger charge is -2.05. The van der Waals surface area contributed by atoms with Gasteiger partial charge in [-0.25, -0.2) is 0 Å². The zero-order chi connectivity index (χ0) is 13.2. The first-order valence-corrected chi connectivity index (χ1v) is 7.73. The summed E-state index contributed by atoms with van der Waals surface area (Å²) in [6.45, 7) is 0. The summed E-state index contributed by atoms with van der Waals surface area (Å²) in [6, 6.07) is 3.99. The molecule has 0 saturated heterocycles. The number of thiophene rings is 1. The minimum absolute atomic E-state index is 0.0138. The summed E-state index contributed by atoms with van der Waals surface area (Å²) in [5.41, 5.74) is 0. The molecule has 2 aromatic heterocycles. The zero-order valence-corrected chi connectivity index (χ0v) is 12.5. The van der Waals surface area contributed by atoms with Gasteiger partial charge in [-0.05, 0) is 40.9 Å². The van der Waals surface area contributed by atoms with Crippen molar-refractivity contribution < 1.29 is 9.21 Å². The van der Waals surface area contributed by atoms with Gasteiger partial charge in [0, 0.05) is 5.92 Å². The maximum Gasteiger partial charge on any atom is 0.322 e. The molecule has 3 rings (SSSR count). The Labute approximate surface area is 122 Å². The third-order valence-electron chi connectivity index (χ3n) is 3.17. The summed E-state index contributed by atoms with van der Waals surface area (Å²) in [5.74, 6) is 0.503. The van der Waals surface area contributed by atoms with Crippen molar-refractivity contribution in [3.63, 3.8) is 0 Å². The molecule has 0 aliphatic heterocycles. The molecule has 1 fully saturated rings. The van der Waals surface area contributed by atoms with Crippen molar-refractivity contribution in [1.82, 2.24) is 10.2 Å². The SMILES string of the molecule is O=C(Nc1nnc(-c2ccc(Br)s2)o1)C1CCCC1. The number of anilines is 1. The second kappa shape index (κ2) is 5.42. The molecule has 19 heavy (non-hydrogen) atoms. The molecule has 1 aliphatic rings. The quantitative estimate of drug-likeness (QED) is 0.924. The molecule has 7 heteroatoms. The fourth-order valence-electron chi connectivity index (χ4n) is 2.20. The highest BCUT2D eigenvalue weighted by molar-refractivity contribution is 9.11. The fraction of sp³-hybridized carbons (Fsp3) is 0.417. The third kappa shape index (κ3) is 2.87. The number of aromatic nitrogens is 2. The molecule has 2 heterocycles. The number of rotatable bonds is 3. The average Bonchev–Trinajstić information content (AvgIpc) is 3.07. The van der Waals surface area contributed by atoms with Crippen LogP contribution in [0.25, 0.3) is 10.8 Å². The highest BCUT2D eigenvalue weighted by Crippen LogP contribution is 2.31. The summed E-state index contributed by atoms with van der Waals surface area (Å²) in [5, 5.41) is 10.5. The van der Waals surface area contributed by atoms with Gasteiger partial charge < -0.3 is 4.42 Å². The van der Waals surface area contributed by atoms with E-state index in [1.165, 1.54) is 11.3 Å². The van der Waals surface area contributed by atoms with Crippen LogP contribution in [0, 0.1) is 5.92 Å². The smallest absolute Gasteiger partial charge is 0.322 e. The second-order valence-corrected chi connectivity index (χ2v) is 6.95. The first-order chi connectivity index (χ1) is 9.22. The van der Waals surface area contributed by atoms with Crippen molar-refractivity contribution in [2.24, 2.45) is 5.92 Å². The molecule has 0 atom stereocenters. The summed E-state index contributed by atoms with van der Waals surface area (Å²) in [4.78, 5) is 12.8. The predicted octanol–water partition coefficient (Wildman–Crippen LogP) is 3.69. The van der Waals surface area contributed by atoms with Gasteiger partial charge in [0.05, 0.1) is 8.66 Å². The van der Waals surface area contributed by atoms with Gasteiger partial charge in [-0.15, -0.1) is 16.4 Å². The van der Waals surface area contributed by atoms with Crippen LogP contribution in [-0.2, 0) is 4.79 Å². The maximum atomic E-state index is 11.9. The van der Waals surface area contributed by atoms with E-state index >= 15 is 0 Å². The van der Waals surface area contributed by atoms with Crippen LogP contribution in [0.3, 0.4) is 0 Å². The number of halogens is 1. The lowest BCUT2D eigenvalue weighted by Crippen LogP contribution is -2.20. The van der Waals surface area contributed by atoms with Crippen LogP contribution in [0.5, 0.6) is 0 Å². The van der Waals surface area contributed by atoms with Crippen LogP contribution in [0.15, 0.2) is 20.3 Å². The molecular formula is C12H12BrN3O2S. The Bertz CT molecular complexity index is 589. The zero-order valence-electron chi connectivity index (χ0n) is 10.1. The van der Waals surface area contributed by atoms with Gasteiger partial charge in [-0.3, -0.25) is 10.1 Å². The summed E-state index contributed by atoms with van der Waals surface area (Å²) in [7, 11) is 0. The first kappa shape index (κ1) is 12.8. The van der Waals surface area contributed by atoms with E-state index in [-0.39, 0.29) is 17.8 Å². The van der Waals surface area contributed by atoms with Gasteiger partial charge in [0.15, 0.2) is 0 Å². The molecule has 0 aromatic carbocycles. The number of amides is 1. The summed E-state index contributed by atoms with van der Waals surface area (Å²) in [6.07, 6.45) is 4.14. The molecule has 0 spiro atoms. The van der Waals surface area contributed by atoms with Gasteiger partial charge in [0.25, 0.3) is 5.89 Å². The van der Waals surface area contributed by atoms with Crippen molar-refractivity contribution in [2.45, 2.75) is 25.7 Å². The molecular weight excluding hydrogens is 330 g/mol. The Hall–Kier alpha value is -1.21. The standard InChI is InChI=1S/C12H12BrN3O2S/c13-9-6-5-8(19-9)11-15-16-12(18-11)14-10(17)7-3-1-2-4-7/h5-7H,1-4H2,(H,14,16,17). The largest absolute Gasteiger partial charge is 0.402 e. The Balaban J connectivity index is 1.69. The van der Waals surface area contributed by atoms with Gasteiger partial charge in [0.2, 0.25) is 5.91 Å². The Morgan fingerprint density at radius 1 is 1.37 bits per heavy atom. The minimum atomic E-state index is -0.0138. The Kier molecular flexibility index (Phi) is 3.65. The highest BCUT2D eigenvalue weighted by atomic mass is 79.9. The Morgan fingerprint density at radius 2 is 2.16 bits per heavy atom. The molecule has 100 valence electrons. The van der Waals surface area contributed by atoms with E-state index in [9.17, 15) is 4.79 Å². The number of hydrogen-bond donors (Lipinski definition) is 1. The lowest BCUT2D eigenvalue weighted by atomic mass is 10.1. The number of carbonyl (C=O) groups excluding carboxylic acids is 1. The van der Waals surface area contributed by atoms with Crippen LogP contribution in [-0.4, -0.2) is 16.1 Å². The fourth-order valence-corrected chi connectivity index (χ4v) is 3.51. The van der Waals surface area contributed by atoms with Gasteiger partial charge in [-0.2, -0.15) is 0 Å². The van der Waals surface area contributed by atoms with Gasteiger partial charge in [-0.1, -0.05) is 17.9 Å². The highest BCUT2D eigenvalue weighted by Gasteiger charge is 2.24. The van der Waals surface area contributed by atoms with E-state index in [2.05, 4.69) is 31.4 Å².